The fraction of sp³-hybridized carbons (Fsp3) is 0.214. The van der Waals surface area contributed by atoms with Crippen molar-refractivity contribution in [3.05, 3.63) is 57.3 Å². The van der Waals surface area contributed by atoms with Gasteiger partial charge in [0.2, 0.25) is 0 Å². The molecule has 0 spiro atoms. The van der Waals surface area contributed by atoms with Crippen LogP contribution < -0.4 is 5.73 Å². The predicted molar refractivity (Wildman–Crippen MR) is 81.5 cm³/mol. The molecule has 0 fully saturated rings. The standard InChI is InChI=1S/C14H15Cl2FN2O/c1-4-5-11(14(18)19-3)20-8(2)12-9(15)6-7-10(17)13(12)16/h4-8H,3,18H2,1-2H3/b5-4-,14-11+/t8-/m1/s1. The molecule has 1 rings (SSSR count). The zero-order valence-electron chi connectivity index (χ0n) is 11.2. The van der Waals surface area contributed by atoms with Crippen molar-refractivity contribution in [2.45, 2.75) is 20.0 Å². The smallest absolute Gasteiger partial charge is 0.165 e. The minimum absolute atomic E-state index is 0.0741. The summed E-state index contributed by atoms with van der Waals surface area (Å²) in [4.78, 5) is 3.61. The summed E-state index contributed by atoms with van der Waals surface area (Å²) in [7, 11) is 0. The zero-order chi connectivity index (χ0) is 15.3. The Labute approximate surface area is 127 Å². The van der Waals surface area contributed by atoms with Gasteiger partial charge in [-0.25, -0.2) is 9.38 Å². The van der Waals surface area contributed by atoms with Crippen molar-refractivity contribution in [3.8, 4) is 0 Å². The van der Waals surface area contributed by atoms with E-state index in [2.05, 4.69) is 11.7 Å². The van der Waals surface area contributed by atoms with E-state index in [1.165, 1.54) is 12.1 Å². The van der Waals surface area contributed by atoms with E-state index in [0.29, 0.717) is 16.3 Å². The van der Waals surface area contributed by atoms with Gasteiger partial charge in [-0.3, -0.25) is 0 Å². The van der Waals surface area contributed by atoms with E-state index in [9.17, 15) is 4.39 Å². The van der Waals surface area contributed by atoms with E-state index in [1.54, 1.807) is 26.0 Å². The first-order chi connectivity index (χ1) is 9.42. The Morgan fingerprint density at radius 1 is 1.50 bits per heavy atom. The van der Waals surface area contributed by atoms with Gasteiger partial charge in [0, 0.05) is 10.6 Å². The van der Waals surface area contributed by atoms with E-state index in [-0.39, 0.29) is 10.8 Å². The molecule has 2 N–H and O–H groups in total. The number of halogens is 3. The minimum atomic E-state index is -0.600. The van der Waals surface area contributed by atoms with Gasteiger partial charge in [0.15, 0.2) is 11.6 Å². The largest absolute Gasteiger partial charge is 0.482 e. The molecule has 1 aromatic carbocycles. The van der Waals surface area contributed by atoms with Crippen LogP contribution in [0, 0.1) is 5.82 Å². The van der Waals surface area contributed by atoms with Gasteiger partial charge in [-0.15, -0.1) is 0 Å². The first kappa shape index (κ1) is 16.5. The SMILES string of the molecule is C=N/C(N)=C(\C=C/C)O[C@H](C)c1c(Cl)ccc(F)c1Cl. The molecular formula is C14H15Cl2FN2O. The first-order valence-corrected chi connectivity index (χ1v) is 6.57. The number of hydrogen-bond donors (Lipinski definition) is 1. The summed E-state index contributed by atoms with van der Waals surface area (Å²) in [5, 5.41) is 0.240. The molecule has 0 unspecified atom stereocenters. The van der Waals surface area contributed by atoms with Gasteiger partial charge < -0.3 is 10.5 Å². The molecule has 0 heterocycles. The van der Waals surface area contributed by atoms with Crippen LogP contribution >= 0.6 is 23.2 Å². The van der Waals surface area contributed by atoms with Crippen LogP contribution in [0.1, 0.15) is 25.5 Å². The molecule has 0 amide bonds. The van der Waals surface area contributed by atoms with Crippen molar-refractivity contribution in [3.63, 3.8) is 0 Å². The number of hydrogen-bond acceptors (Lipinski definition) is 3. The molecule has 0 radical (unpaired) electrons. The highest BCUT2D eigenvalue weighted by Crippen LogP contribution is 2.35. The van der Waals surface area contributed by atoms with Crippen LogP contribution in [-0.4, -0.2) is 6.72 Å². The van der Waals surface area contributed by atoms with Crippen molar-refractivity contribution >= 4 is 29.9 Å². The summed E-state index contributed by atoms with van der Waals surface area (Å²) in [6.07, 6.45) is 2.76. The fourth-order valence-electron chi connectivity index (χ4n) is 1.58. The van der Waals surface area contributed by atoms with Crippen molar-refractivity contribution in [1.82, 2.24) is 0 Å². The molecule has 6 heteroatoms. The lowest BCUT2D eigenvalue weighted by molar-refractivity contribution is 0.140. The molecule has 0 aliphatic rings. The molecule has 0 saturated carbocycles. The highest BCUT2D eigenvalue weighted by Gasteiger charge is 2.19. The molecule has 0 aromatic heterocycles. The van der Waals surface area contributed by atoms with Gasteiger partial charge in [-0.2, -0.15) is 0 Å². The van der Waals surface area contributed by atoms with Crippen LogP contribution in [0.5, 0.6) is 0 Å². The Bertz CT molecular complexity index is 571. The van der Waals surface area contributed by atoms with E-state index in [0.717, 1.165) is 0 Å². The fourth-order valence-corrected chi connectivity index (χ4v) is 2.26. The Balaban J connectivity index is 3.17. The minimum Gasteiger partial charge on any atom is -0.482 e. The van der Waals surface area contributed by atoms with Gasteiger partial charge >= 0.3 is 0 Å². The average molecular weight is 317 g/mol. The van der Waals surface area contributed by atoms with Crippen molar-refractivity contribution < 1.29 is 9.13 Å². The molecular weight excluding hydrogens is 302 g/mol. The number of benzene rings is 1. The third kappa shape index (κ3) is 3.74. The quantitative estimate of drug-likeness (QED) is 0.373. The van der Waals surface area contributed by atoms with Crippen LogP contribution in [0.2, 0.25) is 10.0 Å². The second kappa shape index (κ2) is 7.31. The number of aliphatic imine (C=N–C) groups is 1. The van der Waals surface area contributed by atoms with E-state index >= 15 is 0 Å². The van der Waals surface area contributed by atoms with Crippen LogP contribution in [-0.2, 0) is 4.74 Å². The number of allylic oxidation sites excluding steroid dienone is 2. The highest BCUT2D eigenvalue weighted by atomic mass is 35.5. The van der Waals surface area contributed by atoms with Gasteiger partial charge in [0.25, 0.3) is 0 Å². The molecule has 108 valence electrons. The summed E-state index contributed by atoms with van der Waals surface area (Å²) in [5.41, 5.74) is 6.02. The number of ether oxygens (including phenoxy) is 1. The first-order valence-electron chi connectivity index (χ1n) is 5.81. The molecule has 1 atom stereocenters. The van der Waals surface area contributed by atoms with Crippen molar-refractivity contribution in [2.24, 2.45) is 10.7 Å². The molecule has 0 aliphatic carbocycles. The zero-order valence-corrected chi connectivity index (χ0v) is 12.7. The summed E-state index contributed by atoms with van der Waals surface area (Å²) in [5.74, 6) is -0.127. The van der Waals surface area contributed by atoms with Crippen molar-refractivity contribution in [2.75, 3.05) is 0 Å². The molecule has 0 aliphatic heterocycles. The average Bonchev–Trinajstić information content (AvgIpc) is 2.42. The topological polar surface area (TPSA) is 47.6 Å². The maximum Gasteiger partial charge on any atom is 0.165 e. The lowest BCUT2D eigenvalue weighted by Crippen LogP contribution is -2.07. The third-order valence-electron chi connectivity index (χ3n) is 2.53. The second-order valence-electron chi connectivity index (χ2n) is 3.92. The van der Waals surface area contributed by atoms with Crippen molar-refractivity contribution in [1.29, 1.82) is 0 Å². The summed E-state index contributed by atoms with van der Waals surface area (Å²) in [6.45, 7) is 6.82. The monoisotopic (exact) mass is 316 g/mol. The third-order valence-corrected chi connectivity index (χ3v) is 3.24. The van der Waals surface area contributed by atoms with E-state index < -0.39 is 11.9 Å². The van der Waals surface area contributed by atoms with Crippen LogP contribution in [0.15, 0.2) is 40.9 Å². The van der Waals surface area contributed by atoms with E-state index in [1.807, 2.05) is 0 Å². The Morgan fingerprint density at radius 3 is 2.70 bits per heavy atom. The maximum absolute atomic E-state index is 13.5. The maximum atomic E-state index is 13.5. The van der Waals surface area contributed by atoms with Crippen LogP contribution in [0.3, 0.4) is 0 Å². The normalized spacial score (nSPS) is 14.1. The Hall–Kier alpha value is -1.52. The van der Waals surface area contributed by atoms with E-state index in [4.69, 9.17) is 33.7 Å². The predicted octanol–water partition coefficient (Wildman–Crippen LogP) is 4.61. The number of nitrogens with zero attached hydrogens (tertiary/aromatic N) is 1. The summed E-state index contributed by atoms with van der Waals surface area (Å²) >= 11 is 12.0. The Morgan fingerprint density at radius 2 is 2.15 bits per heavy atom. The molecule has 3 nitrogen and oxygen atoms in total. The lowest BCUT2D eigenvalue weighted by atomic mass is 10.1. The highest BCUT2D eigenvalue weighted by molar-refractivity contribution is 6.36. The second-order valence-corrected chi connectivity index (χ2v) is 4.71. The Kier molecular flexibility index (Phi) is 6.05. The van der Waals surface area contributed by atoms with Gasteiger partial charge in [-0.05, 0) is 38.8 Å². The lowest BCUT2D eigenvalue weighted by Gasteiger charge is -2.19. The number of nitrogens with two attached hydrogens (primary N) is 1. The summed E-state index contributed by atoms with van der Waals surface area (Å²) in [6, 6.07) is 2.62. The molecule has 20 heavy (non-hydrogen) atoms. The number of rotatable bonds is 5. The molecule has 1 aromatic rings. The summed E-state index contributed by atoms with van der Waals surface area (Å²) < 4.78 is 19.1. The van der Waals surface area contributed by atoms with Gasteiger partial charge in [0.1, 0.15) is 11.9 Å². The molecule has 0 bridgehead atoms. The van der Waals surface area contributed by atoms with Crippen LogP contribution in [0.25, 0.3) is 0 Å². The van der Waals surface area contributed by atoms with Crippen LogP contribution in [0.4, 0.5) is 4.39 Å². The van der Waals surface area contributed by atoms with Gasteiger partial charge in [-0.1, -0.05) is 29.3 Å². The molecule has 0 saturated heterocycles. The van der Waals surface area contributed by atoms with Gasteiger partial charge in [0.05, 0.1) is 5.02 Å².